The molecule has 0 aliphatic carbocycles. The third-order valence-electron chi connectivity index (χ3n) is 3.21. The molecule has 2 aromatic rings. The molecule has 5 heteroatoms. The van der Waals surface area contributed by atoms with Crippen LogP contribution < -0.4 is 15.2 Å². The lowest BCUT2D eigenvalue weighted by molar-refractivity contribution is -0.684. The van der Waals surface area contributed by atoms with E-state index in [1.165, 1.54) is 11.1 Å². The Hall–Kier alpha value is -2.69. The van der Waals surface area contributed by atoms with E-state index in [9.17, 15) is 9.59 Å². The van der Waals surface area contributed by atoms with Crippen LogP contribution in [0.1, 0.15) is 25.0 Å². The molecular formula is C18H22N3O2+. The molecule has 0 radical (unpaired) electrons. The van der Waals surface area contributed by atoms with Gasteiger partial charge in [-0.05, 0) is 31.4 Å². The van der Waals surface area contributed by atoms with Crippen LogP contribution in [0.3, 0.4) is 0 Å². The maximum atomic E-state index is 11.8. The summed E-state index contributed by atoms with van der Waals surface area (Å²) in [6.45, 7) is 3.78. The van der Waals surface area contributed by atoms with Crippen LogP contribution in [-0.2, 0) is 17.8 Å². The average molecular weight is 312 g/mol. The van der Waals surface area contributed by atoms with Gasteiger partial charge in [0.15, 0.2) is 12.4 Å². The summed E-state index contributed by atoms with van der Waals surface area (Å²) in [5.41, 5.74) is 2.42. The van der Waals surface area contributed by atoms with E-state index in [0.29, 0.717) is 0 Å². The highest BCUT2D eigenvalue weighted by atomic mass is 16.2. The topological polar surface area (TPSA) is 62.1 Å². The quantitative estimate of drug-likeness (QED) is 0.827. The second kappa shape index (κ2) is 8.08. The van der Waals surface area contributed by atoms with Crippen molar-refractivity contribution in [2.75, 3.05) is 0 Å². The zero-order chi connectivity index (χ0) is 16.7. The molecule has 23 heavy (non-hydrogen) atoms. The van der Waals surface area contributed by atoms with Crippen LogP contribution in [-0.4, -0.2) is 18.0 Å². The van der Waals surface area contributed by atoms with Crippen molar-refractivity contribution in [1.82, 2.24) is 10.6 Å². The first-order chi connectivity index (χ1) is 11.0. The molecule has 0 atom stereocenters. The third kappa shape index (κ3) is 5.90. The van der Waals surface area contributed by atoms with Gasteiger partial charge in [0.25, 0.3) is 5.91 Å². The molecule has 2 N–H and O–H groups in total. The van der Waals surface area contributed by atoms with Gasteiger partial charge in [-0.15, -0.1) is 0 Å². The Morgan fingerprint density at radius 2 is 1.61 bits per heavy atom. The van der Waals surface area contributed by atoms with Crippen LogP contribution in [0.2, 0.25) is 0 Å². The molecule has 0 bridgehead atoms. The Labute approximate surface area is 136 Å². The zero-order valence-corrected chi connectivity index (χ0v) is 13.5. The molecule has 3 amide bonds. The van der Waals surface area contributed by atoms with Gasteiger partial charge in [0.2, 0.25) is 6.54 Å². The zero-order valence-electron chi connectivity index (χ0n) is 13.5. The molecule has 1 heterocycles. The molecule has 2 rings (SSSR count). The summed E-state index contributed by atoms with van der Waals surface area (Å²) in [7, 11) is 0. The van der Waals surface area contributed by atoms with Gasteiger partial charge in [0, 0.05) is 18.2 Å². The van der Waals surface area contributed by atoms with Crippen molar-refractivity contribution in [1.29, 1.82) is 0 Å². The lowest BCUT2D eigenvalue weighted by Gasteiger charge is -2.08. The van der Waals surface area contributed by atoms with Crippen molar-refractivity contribution in [2.45, 2.75) is 32.9 Å². The van der Waals surface area contributed by atoms with Gasteiger partial charge in [0.05, 0.1) is 0 Å². The number of benzene rings is 1. The van der Waals surface area contributed by atoms with Crippen molar-refractivity contribution in [3.8, 4) is 0 Å². The van der Waals surface area contributed by atoms with Crippen LogP contribution in [0.5, 0.6) is 0 Å². The summed E-state index contributed by atoms with van der Waals surface area (Å²) >= 11 is 0. The number of nitrogens with zero attached hydrogens (tertiary/aromatic N) is 1. The smallest absolute Gasteiger partial charge is 0.321 e. The van der Waals surface area contributed by atoms with Gasteiger partial charge in [0.1, 0.15) is 0 Å². The molecule has 120 valence electrons. The molecule has 0 saturated carbocycles. The minimum atomic E-state index is -0.466. The monoisotopic (exact) mass is 312 g/mol. The van der Waals surface area contributed by atoms with E-state index in [1.54, 1.807) is 4.57 Å². The molecule has 0 unspecified atom stereocenters. The fourth-order valence-electron chi connectivity index (χ4n) is 2.17. The lowest BCUT2D eigenvalue weighted by Crippen LogP contribution is -2.48. The predicted molar refractivity (Wildman–Crippen MR) is 87.7 cm³/mol. The molecule has 0 spiro atoms. The van der Waals surface area contributed by atoms with E-state index < -0.39 is 6.03 Å². The average Bonchev–Trinajstić information content (AvgIpc) is 2.49. The highest BCUT2D eigenvalue weighted by Gasteiger charge is 2.13. The van der Waals surface area contributed by atoms with Crippen LogP contribution >= 0.6 is 0 Å². The highest BCUT2D eigenvalue weighted by Crippen LogP contribution is 2.07. The number of pyridine rings is 1. The summed E-state index contributed by atoms with van der Waals surface area (Å²) in [4.78, 5) is 23.2. The number of hydrogen-bond donors (Lipinski definition) is 2. The van der Waals surface area contributed by atoms with Gasteiger partial charge in [-0.2, -0.15) is 4.57 Å². The largest absolute Gasteiger partial charge is 0.336 e. The van der Waals surface area contributed by atoms with Crippen LogP contribution in [0, 0.1) is 0 Å². The van der Waals surface area contributed by atoms with E-state index in [4.69, 9.17) is 0 Å². The van der Waals surface area contributed by atoms with Crippen LogP contribution in [0.25, 0.3) is 0 Å². The van der Waals surface area contributed by atoms with Crippen LogP contribution in [0.4, 0.5) is 4.79 Å². The number of aromatic nitrogens is 1. The van der Waals surface area contributed by atoms with Crippen molar-refractivity contribution in [3.05, 3.63) is 66.0 Å². The fraction of sp³-hybridized carbons (Fsp3) is 0.278. The molecule has 0 aliphatic heterocycles. The maximum Gasteiger partial charge on any atom is 0.321 e. The normalized spacial score (nSPS) is 10.4. The maximum absolute atomic E-state index is 11.8. The van der Waals surface area contributed by atoms with E-state index in [0.717, 1.165) is 6.42 Å². The minimum Gasteiger partial charge on any atom is -0.336 e. The van der Waals surface area contributed by atoms with Gasteiger partial charge in [-0.3, -0.25) is 10.1 Å². The number of amides is 3. The Kier molecular flexibility index (Phi) is 5.86. The summed E-state index contributed by atoms with van der Waals surface area (Å²) in [5, 5.41) is 4.92. The molecule has 5 nitrogen and oxygen atoms in total. The molecule has 0 saturated heterocycles. The fourth-order valence-corrected chi connectivity index (χ4v) is 2.17. The van der Waals surface area contributed by atoms with Gasteiger partial charge in [-0.25, -0.2) is 4.79 Å². The standard InChI is InChI=1S/C18H21N3O2/c1-14(2)19-18(23)20-17(22)13-21-10-8-16(9-11-21)12-15-6-4-3-5-7-15/h3-11,14H,12-13H2,1-2H3,(H-,19,20,22,23)/p+1. The summed E-state index contributed by atoms with van der Waals surface area (Å²) in [6.07, 6.45) is 4.54. The van der Waals surface area contributed by atoms with Gasteiger partial charge in [-0.1, -0.05) is 30.3 Å². The Balaban J connectivity index is 1.87. The third-order valence-corrected chi connectivity index (χ3v) is 3.21. The lowest BCUT2D eigenvalue weighted by atomic mass is 10.1. The molecule has 1 aromatic carbocycles. The minimum absolute atomic E-state index is 0.00674. The number of carbonyl (C=O) groups excluding carboxylic acids is 2. The van der Waals surface area contributed by atoms with Crippen molar-refractivity contribution < 1.29 is 14.2 Å². The Bertz CT molecular complexity index is 652. The number of nitrogens with one attached hydrogen (secondary N) is 2. The summed E-state index contributed by atoms with van der Waals surface area (Å²) < 4.78 is 1.74. The van der Waals surface area contributed by atoms with Crippen molar-refractivity contribution in [3.63, 3.8) is 0 Å². The van der Waals surface area contributed by atoms with E-state index in [2.05, 4.69) is 22.8 Å². The molecule has 0 fully saturated rings. The summed E-state index contributed by atoms with van der Waals surface area (Å²) in [6, 6.07) is 13.7. The SMILES string of the molecule is CC(C)NC(=O)NC(=O)C[n+]1ccc(Cc2ccccc2)cc1. The predicted octanol–water partition coefficient (Wildman–Crippen LogP) is 1.80. The van der Waals surface area contributed by atoms with E-state index >= 15 is 0 Å². The first kappa shape index (κ1) is 16.7. The summed E-state index contributed by atoms with van der Waals surface area (Å²) in [5.74, 6) is -0.344. The Morgan fingerprint density at radius 1 is 1.00 bits per heavy atom. The van der Waals surface area contributed by atoms with E-state index in [-0.39, 0.29) is 18.5 Å². The Morgan fingerprint density at radius 3 is 2.22 bits per heavy atom. The number of carbonyl (C=O) groups is 2. The number of rotatable bonds is 5. The second-order valence-electron chi connectivity index (χ2n) is 5.72. The highest BCUT2D eigenvalue weighted by molar-refractivity contribution is 5.93. The molecule has 1 aromatic heterocycles. The molecule has 0 aliphatic rings. The molecular weight excluding hydrogens is 290 g/mol. The van der Waals surface area contributed by atoms with E-state index in [1.807, 2.05) is 56.6 Å². The van der Waals surface area contributed by atoms with Crippen molar-refractivity contribution >= 4 is 11.9 Å². The van der Waals surface area contributed by atoms with Gasteiger partial charge < -0.3 is 5.32 Å². The number of urea groups is 1. The first-order valence-electron chi connectivity index (χ1n) is 7.65. The second-order valence-corrected chi connectivity index (χ2v) is 5.72. The number of hydrogen-bond acceptors (Lipinski definition) is 2. The number of imide groups is 1. The van der Waals surface area contributed by atoms with Crippen molar-refractivity contribution in [2.24, 2.45) is 0 Å². The van der Waals surface area contributed by atoms with Gasteiger partial charge >= 0.3 is 6.03 Å². The van der Waals surface area contributed by atoms with Crippen LogP contribution in [0.15, 0.2) is 54.9 Å². The first-order valence-corrected chi connectivity index (χ1v) is 7.65.